The van der Waals surface area contributed by atoms with Crippen molar-refractivity contribution in [2.45, 2.75) is 76.4 Å². The first kappa shape index (κ1) is 22.8. The first-order valence-electron chi connectivity index (χ1n) is 12.5. The molecule has 9 atom stereocenters. The first-order valence-corrected chi connectivity index (χ1v) is 12.5. The van der Waals surface area contributed by atoms with Crippen molar-refractivity contribution < 1.29 is 33.4 Å². The van der Waals surface area contributed by atoms with Gasteiger partial charge in [-0.05, 0) is 68.1 Å². The van der Waals surface area contributed by atoms with Crippen LogP contribution >= 0.6 is 0 Å². The molecule has 0 unspecified atom stereocenters. The van der Waals surface area contributed by atoms with E-state index in [4.69, 9.17) is 4.84 Å². The molecule has 34 heavy (non-hydrogen) atoms. The highest BCUT2D eigenvalue weighted by Crippen LogP contribution is 2.77. The van der Waals surface area contributed by atoms with Gasteiger partial charge in [0.25, 0.3) is 0 Å². The number of nitrogens with zero attached hydrogens (tertiary/aromatic N) is 1. The lowest BCUT2D eigenvalue weighted by atomic mass is 9.40. The van der Waals surface area contributed by atoms with Crippen LogP contribution in [0.25, 0.3) is 0 Å². The molecule has 186 valence electrons. The number of fused-ring (bicyclic) bond motifs is 7. The molecule has 1 aliphatic heterocycles. The Morgan fingerprint density at radius 3 is 2.62 bits per heavy atom. The molecular formula is C26H33F2NO5. The summed E-state index contributed by atoms with van der Waals surface area (Å²) in [7, 11) is 0. The van der Waals surface area contributed by atoms with E-state index in [9.17, 15) is 19.8 Å². The van der Waals surface area contributed by atoms with E-state index in [0.29, 0.717) is 25.4 Å². The molecule has 2 N–H and O–H groups in total. The molecule has 0 aromatic heterocycles. The third-order valence-electron chi connectivity index (χ3n) is 10.9. The molecule has 0 spiro atoms. The zero-order chi connectivity index (χ0) is 24.5. The maximum atomic E-state index is 17.4. The standard InChI is InChI=1S/C26H33F2NO5/c1-22-7-6-16(30)8-17(22)18(27)9-19-23(2)10-15-13-29(12-14-4-5-14)34-26(15,21(32)33)24(23,3)11-20(31)25(19,22)28/h6-8,14-15,18-20,31H,4-5,9-13H2,1-3H3,(H,32,33)/t15-,18-,19-,20-,22-,23-,24-,25-,26-/m0/s1. The van der Waals surface area contributed by atoms with Crippen molar-refractivity contribution in [3.63, 3.8) is 0 Å². The van der Waals surface area contributed by atoms with E-state index >= 15 is 8.78 Å². The quantitative estimate of drug-likeness (QED) is 0.648. The monoisotopic (exact) mass is 477 g/mol. The van der Waals surface area contributed by atoms with Crippen LogP contribution < -0.4 is 0 Å². The fourth-order valence-electron chi connectivity index (χ4n) is 8.84. The fraction of sp³-hybridized carbons (Fsp3) is 0.769. The maximum Gasteiger partial charge on any atom is 0.339 e. The van der Waals surface area contributed by atoms with Crippen LogP contribution in [0.4, 0.5) is 8.78 Å². The Kier molecular flexibility index (Phi) is 4.40. The predicted octanol–water partition coefficient (Wildman–Crippen LogP) is 3.40. The molecule has 6 aliphatic rings. The number of aliphatic hydroxyl groups is 1. The number of ketones is 1. The number of aliphatic hydroxyl groups excluding tert-OH is 1. The summed E-state index contributed by atoms with van der Waals surface area (Å²) in [5.41, 5.74) is -7.29. The molecule has 5 aliphatic carbocycles. The number of carbonyl (C=O) groups is 2. The lowest BCUT2D eigenvalue weighted by Gasteiger charge is -2.66. The Morgan fingerprint density at radius 2 is 1.97 bits per heavy atom. The summed E-state index contributed by atoms with van der Waals surface area (Å²) < 4.78 is 33.1. The number of aliphatic carboxylic acids is 1. The van der Waals surface area contributed by atoms with Crippen molar-refractivity contribution in [2.24, 2.45) is 34.0 Å². The molecule has 6 rings (SSSR count). The van der Waals surface area contributed by atoms with E-state index in [1.807, 2.05) is 6.92 Å². The van der Waals surface area contributed by atoms with Crippen LogP contribution in [-0.2, 0) is 14.4 Å². The molecule has 0 radical (unpaired) electrons. The van der Waals surface area contributed by atoms with Crippen molar-refractivity contribution in [3.05, 3.63) is 23.8 Å². The molecule has 1 saturated heterocycles. The van der Waals surface area contributed by atoms with Crippen LogP contribution in [0.3, 0.4) is 0 Å². The van der Waals surface area contributed by atoms with E-state index in [2.05, 4.69) is 0 Å². The molecule has 0 aromatic carbocycles. The molecule has 0 aromatic rings. The van der Waals surface area contributed by atoms with Crippen molar-refractivity contribution in [3.8, 4) is 0 Å². The van der Waals surface area contributed by atoms with E-state index in [-0.39, 0.29) is 30.1 Å². The van der Waals surface area contributed by atoms with Gasteiger partial charge in [0.05, 0.1) is 6.10 Å². The fourth-order valence-corrected chi connectivity index (χ4v) is 8.84. The number of carboxylic acids is 1. The van der Waals surface area contributed by atoms with Gasteiger partial charge in [0.2, 0.25) is 0 Å². The number of rotatable bonds is 3. The van der Waals surface area contributed by atoms with Crippen LogP contribution in [0.15, 0.2) is 23.8 Å². The smallest absolute Gasteiger partial charge is 0.339 e. The van der Waals surface area contributed by atoms with Crippen LogP contribution in [0.1, 0.15) is 52.9 Å². The molecule has 0 bridgehead atoms. The molecule has 8 heteroatoms. The summed E-state index contributed by atoms with van der Waals surface area (Å²) in [6, 6.07) is 0. The van der Waals surface area contributed by atoms with Crippen molar-refractivity contribution in [1.29, 1.82) is 0 Å². The molecular weight excluding hydrogens is 444 g/mol. The van der Waals surface area contributed by atoms with Gasteiger partial charge in [0.15, 0.2) is 17.1 Å². The number of allylic oxidation sites excluding steroid dienone is 4. The second kappa shape index (κ2) is 6.56. The van der Waals surface area contributed by atoms with Gasteiger partial charge in [-0.3, -0.25) is 9.63 Å². The Bertz CT molecular complexity index is 1040. The molecule has 4 saturated carbocycles. The van der Waals surface area contributed by atoms with Crippen molar-refractivity contribution in [1.82, 2.24) is 5.06 Å². The minimum Gasteiger partial charge on any atom is -0.479 e. The molecule has 5 fully saturated rings. The van der Waals surface area contributed by atoms with Crippen LogP contribution in [0.2, 0.25) is 0 Å². The summed E-state index contributed by atoms with van der Waals surface area (Å²) in [5.74, 6) is -2.30. The second-order valence-corrected chi connectivity index (χ2v) is 12.4. The third kappa shape index (κ3) is 2.36. The number of hydrogen-bond donors (Lipinski definition) is 2. The lowest BCUT2D eigenvalue weighted by molar-refractivity contribution is -0.292. The average Bonchev–Trinajstić information content (AvgIpc) is 3.45. The Morgan fingerprint density at radius 1 is 1.26 bits per heavy atom. The minimum atomic E-state index is -2.24. The summed E-state index contributed by atoms with van der Waals surface area (Å²) in [4.78, 5) is 31.2. The lowest BCUT2D eigenvalue weighted by Crippen LogP contribution is -2.73. The predicted molar refractivity (Wildman–Crippen MR) is 118 cm³/mol. The van der Waals surface area contributed by atoms with Gasteiger partial charge in [-0.25, -0.2) is 13.6 Å². The number of hydroxylamine groups is 2. The zero-order valence-electron chi connectivity index (χ0n) is 19.9. The summed E-state index contributed by atoms with van der Waals surface area (Å²) >= 11 is 0. The van der Waals surface area contributed by atoms with Gasteiger partial charge < -0.3 is 10.2 Å². The van der Waals surface area contributed by atoms with E-state index in [1.54, 1.807) is 18.9 Å². The van der Waals surface area contributed by atoms with Gasteiger partial charge in [-0.15, -0.1) is 0 Å². The Balaban J connectivity index is 1.47. The van der Waals surface area contributed by atoms with Crippen LogP contribution in [0.5, 0.6) is 0 Å². The van der Waals surface area contributed by atoms with Gasteiger partial charge in [0.1, 0.15) is 6.17 Å². The summed E-state index contributed by atoms with van der Waals surface area (Å²) in [5, 5.41) is 23.8. The highest BCUT2D eigenvalue weighted by Gasteiger charge is 2.84. The number of carboxylic acid groups (broad SMARTS) is 1. The van der Waals surface area contributed by atoms with Gasteiger partial charge in [-0.1, -0.05) is 19.9 Å². The molecule has 1 heterocycles. The van der Waals surface area contributed by atoms with Gasteiger partial charge >= 0.3 is 5.97 Å². The minimum absolute atomic E-state index is 0.0722. The number of alkyl halides is 2. The van der Waals surface area contributed by atoms with E-state index in [1.165, 1.54) is 18.2 Å². The molecule has 6 nitrogen and oxygen atoms in total. The SMILES string of the molecule is C[C@]12C[C@H](O)[C@@]3(F)[C@@H](C[C@H](F)C4=CC(=O)C=C[C@@]43C)[C@]1(C)C[C@H]1CN(CC3CC3)O[C@]12C(=O)O. The number of carbonyl (C=O) groups excluding carboxylic acids is 1. The van der Waals surface area contributed by atoms with Crippen molar-refractivity contribution >= 4 is 11.8 Å². The largest absolute Gasteiger partial charge is 0.479 e. The Hall–Kier alpha value is -1.64. The maximum absolute atomic E-state index is 17.4. The Labute approximate surface area is 198 Å². The van der Waals surface area contributed by atoms with E-state index < -0.39 is 51.7 Å². The van der Waals surface area contributed by atoms with Crippen LogP contribution in [-0.4, -0.2) is 63.7 Å². The van der Waals surface area contributed by atoms with Gasteiger partial charge in [0, 0.05) is 35.8 Å². The zero-order valence-corrected chi connectivity index (χ0v) is 19.9. The normalized spacial score (nSPS) is 54.2. The van der Waals surface area contributed by atoms with E-state index in [0.717, 1.165) is 12.8 Å². The first-order chi connectivity index (χ1) is 15.8. The summed E-state index contributed by atoms with van der Waals surface area (Å²) in [6.07, 6.45) is 3.03. The summed E-state index contributed by atoms with van der Waals surface area (Å²) in [6.45, 7) is 6.34. The van der Waals surface area contributed by atoms with Crippen LogP contribution in [0, 0.1) is 34.0 Å². The van der Waals surface area contributed by atoms with Crippen molar-refractivity contribution in [2.75, 3.05) is 13.1 Å². The highest BCUT2D eigenvalue weighted by atomic mass is 19.1. The van der Waals surface area contributed by atoms with Gasteiger partial charge in [-0.2, -0.15) is 5.06 Å². The average molecular weight is 478 g/mol. The number of halogens is 2. The third-order valence-corrected chi connectivity index (χ3v) is 10.9. The topological polar surface area (TPSA) is 87.1 Å². The highest BCUT2D eigenvalue weighted by molar-refractivity contribution is 6.01. The second-order valence-electron chi connectivity index (χ2n) is 12.4. The number of hydrogen-bond acceptors (Lipinski definition) is 5. The molecule has 0 amide bonds.